The second-order valence-electron chi connectivity index (χ2n) is 10.5. The molecule has 2 aromatic carbocycles. The molecule has 0 spiro atoms. The molecule has 0 N–H and O–H groups in total. The van der Waals surface area contributed by atoms with Gasteiger partial charge in [-0.3, -0.25) is 9.89 Å². The van der Waals surface area contributed by atoms with E-state index in [1.54, 1.807) is 7.11 Å². The van der Waals surface area contributed by atoms with E-state index in [2.05, 4.69) is 75.9 Å². The number of para-hydroxylation sites is 1. The molecule has 0 radical (unpaired) electrons. The molecule has 1 atom stereocenters. The Balaban J connectivity index is 1.51. The molecule has 5 heteroatoms. The van der Waals surface area contributed by atoms with E-state index in [1.165, 1.54) is 16.8 Å². The van der Waals surface area contributed by atoms with Gasteiger partial charge >= 0.3 is 0 Å². The zero-order valence-electron chi connectivity index (χ0n) is 21.0. The summed E-state index contributed by atoms with van der Waals surface area (Å²) in [6.45, 7) is 11.2. The summed E-state index contributed by atoms with van der Waals surface area (Å²) in [5, 5.41) is 0. The molecule has 1 unspecified atom stereocenters. The molecule has 2 aliphatic heterocycles. The van der Waals surface area contributed by atoms with Gasteiger partial charge in [0.05, 0.1) is 18.5 Å². The number of rotatable bonds is 6. The Morgan fingerprint density at radius 3 is 2.74 bits per heavy atom. The Morgan fingerprint density at radius 2 is 1.97 bits per heavy atom. The Morgan fingerprint density at radius 1 is 1.15 bits per heavy atom. The topological polar surface area (TPSA) is 43.3 Å². The average Bonchev–Trinajstić information content (AvgIpc) is 3.28. The van der Waals surface area contributed by atoms with E-state index < -0.39 is 0 Å². The standard InChI is InChI=1S/C29H34N2O3/c1-19(2)22-16-21(32-6)13-14-23(22)31-25-12-7-8-15-29(25,5)30-26(31)18-33-24-11-9-10-20-17-28(3,4)34-27(20)24/h7-14,16,19H,15,17-18H2,1-6H3. The molecule has 0 amide bonds. The van der Waals surface area contributed by atoms with Crippen LogP contribution in [0.4, 0.5) is 5.69 Å². The third-order valence-electron chi connectivity index (χ3n) is 6.84. The molecule has 5 nitrogen and oxygen atoms in total. The molecule has 2 heterocycles. The maximum absolute atomic E-state index is 6.40. The molecule has 5 rings (SSSR count). The summed E-state index contributed by atoms with van der Waals surface area (Å²) in [4.78, 5) is 7.49. The molecule has 2 aromatic rings. The van der Waals surface area contributed by atoms with Gasteiger partial charge in [0.15, 0.2) is 11.5 Å². The number of amidine groups is 1. The van der Waals surface area contributed by atoms with Crippen molar-refractivity contribution in [2.24, 2.45) is 4.99 Å². The molecular formula is C29H34N2O3. The number of hydrogen-bond acceptors (Lipinski definition) is 5. The largest absolute Gasteiger partial charge is 0.497 e. The summed E-state index contributed by atoms with van der Waals surface area (Å²) in [5.74, 6) is 3.72. The third kappa shape index (κ3) is 3.87. The third-order valence-corrected chi connectivity index (χ3v) is 6.84. The lowest BCUT2D eigenvalue weighted by Crippen LogP contribution is -2.35. The van der Waals surface area contributed by atoms with Gasteiger partial charge in [0.2, 0.25) is 0 Å². The molecular weight excluding hydrogens is 424 g/mol. The highest BCUT2D eigenvalue weighted by molar-refractivity contribution is 6.06. The van der Waals surface area contributed by atoms with Crippen LogP contribution < -0.4 is 19.1 Å². The second-order valence-corrected chi connectivity index (χ2v) is 10.5. The van der Waals surface area contributed by atoms with E-state index in [1.807, 2.05) is 18.2 Å². The molecule has 178 valence electrons. The molecule has 1 aliphatic carbocycles. The Kier molecular flexibility index (Phi) is 5.46. The van der Waals surface area contributed by atoms with Crippen LogP contribution in [0.5, 0.6) is 17.2 Å². The summed E-state index contributed by atoms with van der Waals surface area (Å²) in [7, 11) is 1.71. The maximum Gasteiger partial charge on any atom is 0.165 e. The molecule has 0 saturated heterocycles. The number of methoxy groups -OCH3 is 1. The molecule has 34 heavy (non-hydrogen) atoms. The van der Waals surface area contributed by atoms with Crippen molar-refractivity contribution >= 4 is 11.5 Å². The highest BCUT2D eigenvalue weighted by Crippen LogP contribution is 2.45. The lowest BCUT2D eigenvalue weighted by molar-refractivity contribution is 0.133. The van der Waals surface area contributed by atoms with Crippen LogP contribution >= 0.6 is 0 Å². The Bertz CT molecular complexity index is 1210. The highest BCUT2D eigenvalue weighted by Gasteiger charge is 2.42. The lowest BCUT2D eigenvalue weighted by Gasteiger charge is -2.32. The summed E-state index contributed by atoms with van der Waals surface area (Å²) >= 11 is 0. The van der Waals surface area contributed by atoms with Crippen molar-refractivity contribution in [1.82, 2.24) is 0 Å². The molecule has 0 fully saturated rings. The molecule has 0 bridgehead atoms. The number of hydrogen-bond donors (Lipinski definition) is 0. The SMILES string of the molecule is COc1ccc(N2C3=CC=CCC3(C)N=C2COc2cccc3c2OC(C)(C)C3)c(C(C)C)c1. The Labute approximate surface area is 202 Å². The van der Waals surface area contributed by atoms with Crippen LogP contribution in [0.2, 0.25) is 0 Å². The van der Waals surface area contributed by atoms with E-state index in [-0.39, 0.29) is 11.1 Å². The van der Waals surface area contributed by atoms with E-state index in [0.29, 0.717) is 12.5 Å². The van der Waals surface area contributed by atoms with Crippen molar-refractivity contribution in [3.63, 3.8) is 0 Å². The summed E-state index contributed by atoms with van der Waals surface area (Å²) in [6.07, 6.45) is 8.24. The fourth-order valence-corrected chi connectivity index (χ4v) is 5.17. The number of allylic oxidation sites excluding steroid dienone is 2. The summed E-state index contributed by atoms with van der Waals surface area (Å²) < 4.78 is 18.2. The molecule has 0 aromatic heterocycles. The van der Waals surface area contributed by atoms with Crippen molar-refractivity contribution in [3.05, 3.63) is 71.5 Å². The number of ether oxygens (including phenoxy) is 3. The van der Waals surface area contributed by atoms with E-state index in [9.17, 15) is 0 Å². The van der Waals surface area contributed by atoms with Gasteiger partial charge in [-0.05, 0) is 69.0 Å². The van der Waals surface area contributed by atoms with Crippen LogP contribution in [0, 0.1) is 0 Å². The van der Waals surface area contributed by atoms with Crippen LogP contribution in [0.1, 0.15) is 58.1 Å². The minimum Gasteiger partial charge on any atom is -0.497 e. The van der Waals surface area contributed by atoms with Gasteiger partial charge in [0.1, 0.15) is 29.3 Å². The van der Waals surface area contributed by atoms with Crippen LogP contribution in [0.3, 0.4) is 0 Å². The van der Waals surface area contributed by atoms with Crippen LogP contribution in [-0.4, -0.2) is 30.7 Å². The fourth-order valence-electron chi connectivity index (χ4n) is 5.17. The van der Waals surface area contributed by atoms with Crippen LogP contribution in [0.15, 0.2) is 65.3 Å². The zero-order chi connectivity index (χ0) is 24.1. The monoisotopic (exact) mass is 458 g/mol. The van der Waals surface area contributed by atoms with Crippen molar-refractivity contribution in [3.8, 4) is 17.2 Å². The minimum atomic E-state index is -0.307. The number of benzene rings is 2. The van der Waals surface area contributed by atoms with Crippen molar-refractivity contribution in [2.75, 3.05) is 18.6 Å². The predicted octanol–water partition coefficient (Wildman–Crippen LogP) is 6.43. The predicted molar refractivity (Wildman–Crippen MR) is 138 cm³/mol. The first-order chi connectivity index (χ1) is 16.2. The second kappa shape index (κ2) is 8.23. The van der Waals surface area contributed by atoms with Crippen molar-refractivity contribution in [2.45, 2.75) is 64.5 Å². The van der Waals surface area contributed by atoms with Gasteiger partial charge in [0, 0.05) is 12.0 Å². The van der Waals surface area contributed by atoms with Crippen LogP contribution in [0.25, 0.3) is 0 Å². The lowest BCUT2D eigenvalue weighted by atomic mass is 9.90. The summed E-state index contributed by atoms with van der Waals surface area (Å²) in [5.41, 5.74) is 4.19. The first-order valence-corrected chi connectivity index (χ1v) is 12.1. The highest BCUT2D eigenvalue weighted by atomic mass is 16.5. The Hall–Kier alpha value is -3.21. The number of aliphatic imine (C=N–C) groups is 1. The van der Waals surface area contributed by atoms with Gasteiger partial charge < -0.3 is 14.2 Å². The number of fused-ring (bicyclic) bond motifs is 2. The van der Waals surface area contributed by atoms with E-state index >= 15 is 0 Å². The van der Waals surface area contributed by atoms with Gasteiger partial charge in [-0.25, -0.2) is 0 Å². The smallest absolute Gasteiger partial charge is 0.165 e. The summed E-state index contributed by atoms with van der Waals surface area (Å²) in [6, 6.07) is 12.4. The number of nitrogens with zero attached hydrogens (tertiary/aromatic N) is 2. The van der Waals surface area contributed by atoms with Gasteiger partial charge in [-0.15, -0.1) is 0 Å². The van der Waals surface area contributed by atoms with Crippen molar-refractivity contribution in [1.29, 1.82) is 0 Å². The van der Waals surface area contributed by atoms with Gasteiger partial charge in [-0.2, -0.15) is 0 Å². The van der Waals surface area contributed by atoms with E-state index in [4.69, 9.17) is 19.2 Å². The maximum atomic E-state index is 6.40. The quantitative estimate of drug-likeness (QED) is 0.500. The van der Waals surface area contributed by atoms with Crippen molar-refractivity contribution < 1.29 is 14.2 Å². The fraction of sp³-hybridized carbons (Fsp3) is 0.414. The number of anilines is 1. The molecule has 0 saturated carbocycles. The van der Waals surface area contributed by atoms with E-state index in [0.717, 1.165) is 41.6 Å². The first kappa shape index (κ1) is 22.6. The average molecular weight is 459 g/mol. The normalized spacial score (nSPS) is 22.1. The first-order valence-electron chi connectivity index (χ1n) is 12.1. The minimum absolute atomic E-state index is 0.215. The molecule has 3 aliphatic rings. The van der Waals surface area contributed by atoms with Gasteiger partial charge in [0.25, 0.3) is 0 Å². The zero-order valence-corrected chi connectivity index (χ0v) is 21.0. The van der Waals surface area contributed by atoms with Gasteiger partial charge in [-0.1, -0.05) is 38.1 Å². The van der Waals surface area contributed by atoms with Crippen LogP contribution in [-0.2, 0) is 6.42 Å².